The van der Waals surface area contributed by atoms with Gasteiger partial charge in [-0.15, -0.1) is 0 Å². The maximum absolute atomic E-state index is 13.1. The number of anilines is 1. The SMILES string of the molecule is O=C(O)CCN1C(=O)C2(CC2)c2cc(OCc3c(-c4c(Cl)cccc4Cl)noc3C3CC3)ccc21. The van der Waals surface area contributed by atoms with Crippen LogP contribution in [0.5, 0.6) is 5.75 Å². The number of hydrogen-bond donors (Lipinski definition) is 1. The molecule has 2 heterocycles. The molecule has 3 aliphatic rings. The highest BCUT2D eigenvalue weighted by Gasteiger charge is 2.59. The van der Waals surface area contributed by atoms with Gasteiger partial charge < -0.3 is 19.3 Å². The van der Waals surface area contributed by atoms with Crippen molar-refractivity contribution in [2.75, 3.05) is 11.4 Å². The lowest BCUT2D eigenvalue weighted by atomic mass is 9.98. The molecule has 3 aromatic rings. The minimum atomic E-state index is -0.925. The predicted octanol–water partition coefficient (Wildman–Crippen LogP) is 5.96. The van der Waals surface area contributed by atoms with Crippen LogP contribution in [0.4, 0.5) is 5.69 Å². The van der Waals surface area contributed by atoms with E-state index in [1.54, 1.807) is 23.1 Å². The van der Waals surface area contributed by atoms with Gasteiger partial charge in [0, 0.05) is 23.7 Å². The zero-order valence-electron chi connectivity index (χ0n) is 18.7. The molecule has 1 N–H and O–H groups in total. The average molecular weight is 513 g/mol. The van der Waals surface area contributed by atoms with Gasteiger partial charge in [-0.2, -0.15) is 0 Å². The number of hydrogen-bond acceptors (Lipinski definition) is 5. The largest absolute Gasteiger partial charge is 0.489 e. The monoisotopic (exact) mass is 512 g/mol. The second-order valence-corrected chi connectivity index (χ2v) is 10.2. The standard InChI is InChI=1S/C26H22Cl2N2O5/c27-18-2-1-3-19(28)22(18)23-16(24(35-29-23)14-4-5-14)13-34-15-6-7-20-17(12-15)26(9-10-26)25(33)30(20)11-8-21(31)32/h1-3,6-7,12,14H,4-5,8-11,13H2,(H,31,32). The fourth-order valence-corrected chi connectivity index (χ4v) is 5.52. The third-order valence-electron chi connectivity index (χ3n) is 7.08. The van der Waals surface area contributed by atoms with Crippen molar-refractivity contribution >= 4 is 40.8 Å². The van der Waals surface area contributed by atoms with E-state index in [4.69, 9.17) is 37.6 Å². The Morgan fingerprint density at radius 1 is 1.20 bits per heavy atom. The van der Waals surface area contributed by atoms with Gasteiger partial charge in [0.2, 0.25) is 5.91 Å². The molecule has 2 aromatic carbocycles. The van der Waals surface area contributed by atoms with Gasteiger partial charge in [-0.1, -0.05) is 34.4 Å². The van der Waals surface area contributed by atoms with Gasteiger partial charge in [0.25, 0.3) is 0 Å². The first-order valence-electron chi connectivity index (χ1n) is 11.6. The Morgan fingerprint density at radius 2 is 1.94 bits per heavy atom. The van der Waals surface area contributed by atoms with Gasteiger partial charge in [0.15, 0.2) is 0 Å². The summed E-state index contributed by atoms with van der Waals surface area (Å²) in [4.78, 5) is 25.7. The van der Waals surface area contributed by atoms with E-state index in [1.807, 2.05) is 18.2 Å². The lowest BCUT2D eigenvalue weighted by molar-refractivity contribution is -0.136. The van der Waals surface area contributed by atoms with Gasteiger partial charge in [-0.3, -0.25) is 9.59 Å². The number of benzene rings is 2. The van der Waals surface area contributed by atoms with Crippen LogP contribution in [-0.2, 0) is 21.6 Å². The molecule has 1 amide bonds. The Bertz CT molecular complexity index is 1340. The first-order valence-corrected chi connectivity index (χ1v) is 12.4. The quantitative estimate of drug-likeness (QED) is 0.400. The summed E-state index contributed by atoms with van der Waals surface area (Å²) < 4.78 is 11.9. The first kappa shape index (κ1) is 22.4. The van der Waals surface area contributed by atoms with Crippen molar-refractivity contribution in [2.24, 2.45) is 0 Å². The lowest BCUT2D eigenvalue weighted by Crippen LogP contribution is -2.33. The summed E-state index contributed by atoms with van der Waals surface area (Å²) in [7, 11) is 0. The number of aromatic nitrogens is 1. The molecule has 0 atom stereocenters. The number of ether oxygens (including phenoxy) is 1. The molecule has 0 bridgehead atoms. The fourth-order valence-electron chi connectivity index (χ4n) is 4.95. The molecule has 180 valence electrons. The summed E-state index contributed by atoms with van der Waals surface area (Å²) in [6, 6.07) is 10.9. The highest BCUT2D eigenvalue weighted by molar-refractivity contribution is 6.39. The molecule has 2 saturated carbocycles. The average Bonchev–Trinajstić information content (AvgIpc) is 3.75. The molecule has 1 aliphatic heterocycles. The molecule has 2 fully saturated rings. The number of carbonyl (C=O) groups is 2. The molecule has 1 spiro atoms. The van der Waals surface area contributed by atoms with Crippen molar-refractivity contribution in [1.29, 1.82) is 0 Å². The van der Waals surface area contributed by atoms with E-state index >= 15 is 0 Å². The van der Waals surface area contributed by atoms with Gasteiger partial charge in [-0.25, -0.2) is 0 Å². The third-order valence-corrected chi connectivity index (χ3v) is 7.71. The Kier molecular flexibility index (Phi) is 5.31. The molecule has 0 unspecified atom stereocenters. The first-order chi connectivity index (χ1) is 16.9. The number of carboxylic acid groups (broad SMARTS) is 1. The number of carbonyl (C=O) groups excluding carboxylic acids is 1. The Labute approximate surface area is 211 Å². The second kappa shape index (κ2) is 8.28. The molecule has 2 aliphatic carbocycles. The van der Waals surface area contributed by atoms with Crippen molar-refractivity contribution in [3.8, 4) is 17.0 Å². The zero-order valence-corrected chi connectivity index (χ0v) is 20.2. The van der Waals surface area contributed by atoms with E-state index in [0.29, 0.717) is 33.0 Å². The van der Waals surface area contributed by atoms with Gasteiger partial charge in [0.05, 0.1) is 27.4 Å². The molecule has 0 saturated heterocycles. The van der Waals surface area contributed by atoms with Crippen LogP contribution in [0.1, 0.15) is 54.9 Å². The van der Waals surface area contributed by atoms with Crippen molar-refractivity contribution in [3.05, 3.63) is 63.3 Å². The van der Waals surface area contributed by atoms with E-state index in [2.05, 4.69) is 5.16 Å². The van der Waals surface area contributed by atoms with E-state index in [1.165, 1.54) is 0 Å². The van der Waals surface area contributed by atoms with Crippen LogP contribution in [0, 0.1) is 0 Å². The number of nitrogens with zero attached hydrogens (tertiary/aromatic N) is 2. The highest BCUT2D eigenvalue weighted by atomic mass is 35.5. The summed E-state index contributed by atoms with van der Waals surface area (Å²) in [5, 5.41) is 14.4. The van der Waals surface area contributed by atoms with Crippen LogP contribution in [0.2, 0.25) is 10.0 Å². The third kappa shape index (κ3) is 3.78. The smallest absolute Gasteiger partial charge is 0.305 e. The Hall–Kier alpha value is -3.03. The molecule has 9 heteroatoms. The summed E-state index contributed by atoms with van der Waals surface area (Å²) >= 11 is 12.9. The normalized spacial score (nSPS) is 17.7. The summed E-state index contributed by atoms with van der Waals surface area (Å²) in [5.74, 6) is 0.793. The van der Waals surface area contributed by atoms with Crippen LogP contribution in [-0.4, -0.2) is 28.7 Å². The highest BCUT2D eigenvalue weighted by Crippen LogP contribution is 2.58. The molecule has 35 heavy (non-hydrogen) atoms. The molecule has 1 aromatic heterocycles. The predicted molar refractivity (Wildman–Crippen MR) is 130 cm³/mol. The van der Waals surface area contributed by atoms with Gasteiger partial charge in [-0.05, 0) is 61.6 Å². The van der Waals surface area contributed by atoms with Crippen LogP contribution in [0.15, 0.2) is 40.9 Å². The molecular weight excluding hydrogens is 491 g/mol. The second-order valence-electron chi connectivity index (χ2n) is 9.40. The van der Waals surface area contributed by atoms with Gasteiger partial charge in [0.1, 0.15) is 23.8 Å². The van der Waals surface area contributed by atoms with Crippen molar-refractivity contribution in [3.63, 3.8) is 0 Å². The van der Waals surface area contributed by atoms with Gasteiger partial charge >= 0.3 is 5.97 Å². The van der Waals surface area contributed by atoms with E-state index in [9.17, 15) is 9.59 Å². The van der Waals surface area contributed by atoms with Crippen molar-refractivity contribution in [1.82, 2.24) is 5.16 Å². The minimum absolute atomic E-state index is 0.0170. The van der Waals surface area contributed by atoms with E-state index in [-0.39, 0.29) is 25.5 Å². The van der Waals surface area contributed by atoms with Crippen LogP contribution >= 0.6 is 23.2 Å². The molecule has 7 nitrogen and oxygen atoms in total. The maximum Gasteiger partial charge on any atom is 0.305 e. The summed E-state index contributed by atoms with van der Waals surface area (Å²) in [6.45, 7) is 0.380. The fraction of sp³-hybridized carbons (Fsp3) is 0.346. The number of aliphatic carboxylic acids is 1. The maximum atomic E-state index is 13.1. The van der Waals surface area contributed by atoms with Crippen molar-refractivity contribution in [2.45, 2.75) is 50.0 Å². The number of fused-ring (bicyclic) bond motifs is 2. The molecular formula is C26H22Cl2N2O5. The van der Waals surface area contributed by atoms with Crippen LogP contribution in [0.3, 0.4) is 0 Å². The van der Waals surface area contributed by atoms with Crippen LogP contribution in [0.25, 0.3) is 11.3 Å². The molecule has 0 radical (unpaired) electrons. The lowest BCUT2D eigenvalue weighted by Gasteiger charge is -2.17. The topological polar surface area (TPSA) is 92.9 Å². The number of carboxylic acids is 1. The Morgan fingerprint density at radius 3 is 2.60 bits per heavy atom. The van der Waals surface area contributed by atoms with E-state index < -0.39 is 11.4 Å². The molecule has 6 rings (SSSR count). The number of halogens is 2. The van der Waals surface area contributed by atoms with Crippen molar-refractivity contribution < 1.29 is 24.0 Å². The summed E-state index contributed by atoms with van der Waals surface area (Å²) in [5.41, 5.74) is 3.16. The summed E-state index contributed by atoms with van der Waals surface area (Å²) in [6.07, 6.45) is 3.50. The van der Waals surface area contributed by atoms with E-state index in [0.717, 1.165) is 48.3 Å². The number of amides is 1. The number of rotatable bonds is 8. The Balaban J connectivity index is 1.30. The van der Waals surface area contributed by atoms with Crippen LogP contribution < -0.4 is 9.64 Å². The zero-order chi connectivity index (χ0) is 24.3. The minimum Gasteiger partial charge on any atom is -0.489 e.